The zero-order valence-electron chi connectivity index (χ0n) is 13.1. The molecule has 2 aromatic rings. The Bertz CT molecular complexity index is 985. The van der Waals surface area contributed by atoms with Gasteiger partial charge in [-0.25, -0.2) is 14.4 Å². The molecule has 0 aliphatic carbocycles. The fourth-order valence-corrected chi connectivity index (χ4v) is 2.11. The second-order valence-corrected chi connectivity index (χ2v) is 5.16. The SMILES string of the molecule is Cn1cc(C(=O)Nc2cc(C(=O)O)cc(C(=O)O)c2)c(=O)n(C)c1=O. The molecule has 0 atom stereocenters. The van der Waals surface area contributed by atoms with Crippen LogP contribution in [0, 0.1) is 0 Å². The van der Waals surface area contributed by atoms with Crippen molar-refractivity contribution in [2.45, 2.75) is 0 Å². The zero-order chi connectivity index (χ0) is 18.9. The van der Waals surface area contributed by atoms with Crippen molar-refractivity contribution in [2.75, 3.05) is 5.32 Å². The van der Waals surface area contributed by atoms with Crippen molar-refractivity contribution < 1.29 is 24.6 Å². The number of hydrogen-bond donors (Lipinski definition) is 3. The van der Waals surface area contributed by atoms with Gasteiger partial charge in [0.15, 0.2) is 0 Å². The van der Waals surface area contributed by atoms with E-state index < -0.39 is 29.1 Å². The maximum Gasteiger partial charge on any atom is 0.335 e. The maximum atomic E-state index is 12.3. The number of hydrogen-bond acceptors (Lipinski definition) is 5. The standard InChI is InChI=1S/C15H13N3O7/c1-17-6-10(12(20)18(2)15(17)25)11(19)16-9-4-7(13(21)22)3-8(5-9)14(23)24/h3-6H,1-2H3,(H,16,19)(H,21,22)(H,23,24). The van der Waals surface area contributed by atoms with Crippen molar-refractivity contribution in [1.29, 1.82) is 0 Å². The lowest BCUT2D eigenvalue weighted by atomic mass is 10.1. The van der Waals surface area contributed by atoms with Gasteiger partial charge in [-0.3, -0.25) is 14.2 Å². The number of rotatable bonds is 4. The molecule has 0 radical (unpaired) electrons. The first kappa shape index (κ1) is 17.7. The van der Waals surface area contributed by atoms with Gasteiger partial charge in [-0.1, -0.05) is 0 Å². The molecule has 3 N–H and O–H groups in total. The number of carbonyl (C=O) groups excluding carboxylic acids is 1. The summed E-state index contributed by atoms with van der Waals surface area (Å²) in [6.45, 7) is 0. The van der Waals surface area contributed by atoms with E-state index in [0.717, 1.165) is 33.5 Å². The Labute approximate surface area is 139 Å². The van der Waals surface area contributed by atoms with Gasteiger partial charge in [0.05, 0.1) is 11.1 Å². The number of aromatic carboxylic acids is 2. The minimum absolute atomic E-state index is 0.113. The summed E-state index contributed by atoms with van der Waals surface area (Å²) in [7, 11) is 2.56. The maximum absolute atomic E-state index is 12.3. The van der Waals surface area contributed by atoms with Crippen LogP contribution in [0.5, 0.6) is 0 Å². The largest absolute Gasteiger partial charge is 0.478 e. The summed E-state index contributed by atoms with van der Waals surface area (Å²) in [5.74, 6) is -3.66. The number of aromatic nitrogens is 2. The van der Waals surface area contributed by atoms with Gasteiger partial charge in [0.25, 0.3) is 11.5 Å². The normalized spacial score (nSPS) is 10.3. The van der Waals surface area contributed by atoms with E-state index in [0.29, 0.717) is 0 Å². The van der Waals surface area contributed by atoms with E-state index in [1.807, 2.05) is 0 Å². The molecule has 0 bridgehead atoms. The summed E-state index contributed by atoms with van der Waals surface area (Å²) < 4.78 is 1.78. The van der Waals surface area contributed by atoms with Gasteiger partial charge in [0.2, 0.25) is 0 Å². The molecule has 10 heteroatoms. The fraction of sp³-hybridized carbons (Fsp3) is 0.133. The Balaban J connectivity index is 2.48. The third-order valence-corrected chi connectivity index (χ3v) is 3.38. The summed E-state index contributed by atoms with van der Waals surface area (Å²) in [6.07, 6.45) is 1.04. The number of nitrogens with zero attached hydrogens (tertiary/aromatic N) is 2. The molecule has 1 amide bonds. The van der Waals surface area contributed by atoms with E-state index in [4.69, 9.17) is 10.2 Å². The van der Waals surface area contributed by atoms with E-state index in [1.165, 1.54) is 14.1 Å². The van der Waals surface area contributed by atoms with Crippen molar-refractivity contribution in [1.82, 2.24) is 9.13 Å². The van der Waals surface area contributed by atoms with E-state index in [2.05, 4.69) is 5.32 Å². The monoisotopic (exact) mass is 347 g/mol. The molecule has 25 heavy (non-hydrogen) atoms. The van der Waals surface area contributed by atoms with Crippen LogP contribution in [-0.4, -0.2) is 37.2 Å². The molecule has 0 spiro atoms. The highest BCUT2D eigenvalue weighted by molar-refractivity contribution is 6.05. The number of carboxylic acids is 2. The van der Waals surface area contributed by atoms with Crippen LogP contribution < -0.4 is 16.6 Å². The number of carboxylic acid groups (broad SMARTS) is 2. The molecule has 1 heterocycles. The third-order valence-electron chi connectivity index (χ3n) is 3.38. The molecule has 130 valence electrons. The van der Waals surface area contributed by atoms with Crippen LogP contribution >= 0.6 is 0 Å². The van der Waals surface area contributed by atoms with Crippen molar-refractivity contribution in [3.63, 3.8) is 0 Å². The van der Waals surface area contributed by atoms with Gasteiger partial charge in [-0.15, -0.1) is 0 Å². The quantitative estimate of drug-likeness (QED) is 0.689. The molecular weight excluding hydrogens is 334 g/mol. The average Bonchev–Trinajstić information content (AvgIpc) is 2.55. The van der Waals surface area contributed by atoms with Crippen molar-refractivity contribution in [2.24, 2.45) is 14.1 Å². The van der Waals surface area contributed by atoms with Gasteiger partial charge >= 0.3 is 17.6 Å². The smallest absolute Gasteiger partial charge is 0.335 e. The van der Waals surface area contributed by atoms with Crippen molar-refractivity contribution >= 4 is 23.5 Å². The highest BCUT2D eigenvalue weighted by atomic mass is 16.4. The van der Waals surface area contributed by atoms with Gasteiger partial charge in [0.1, 0.15) is 5.56 Å². The molecule has 10 nitrogen and oxygen atoms in total. The first-order chi connectivity index (χ1) is 11.6. The molecule has 0 saturated carbocycles. The molecular formula is C15H13N3O7. The topological polar surface area (TPSA) is 148 Å². The Hall–Kier alpha value is -3.69. The number of anilines is 1. The Morgan fingerprint density at radius 1 is 0.960 bits per heavy atom. The molecule has 0 fully saturated rings. The van der Waals surface area contributed by atoms with Crippen LogP contribution in [-0.2, 0) is 14.1 Å². The average molecular weight is 347 g/mol. The number of benzene rings is 1. The summed E-state index contributed by atoms with van der Waals surface area (Å²) in [6, 6.07) is 3.05. The number of carbonyl (C=O) groups is 3. The van der Waals surface area contributed by atoms with Crippen molar-refractivity contribution in [3.8, 4) is 0 Å². The first-order valence-electron chi connectivity index (χ1n) is 6.81. The first-order valence-corrected chi connectivity index (χ1v) is 6.81. The van der Waals surface area contributed by atoms with Crippen LogP contribution in [0.4, 0.5) is 5.69 Å². The molecule has 0 saturated heterocycles. The van der Waals surface area contributed by atoms with E-state index in [1.54, 1.807) is 0 Å². The van der Waals surface area contributed by atoms with E-state index >= 15 is 0 Å². The zero-order valence-corrected chi connectivity index (χ0v) is 13.1. The predicted octanol–water partition coefficient (Wildman–Crippen LogP) is -0.267. The Kier molecular flexibility index (Phi) is 4.54. The van der Waals surface area contributed by atoms with Crippen LogP contribution in [0.1, 0.15) is 31.1 Å². The highest BCUT2D eigenvalue weighted by Gasteiger charge is 2.17. The fourth-order valence-electron chi connectivity index (χ4n) is 2.11. The summed E-state index contributed by atoms with van der Waals surface area (Å²) in [5, 5.41) is 20.3. The summed E-state index contributed by atoms with van der Waals surface area (Å²) in [5.41, 5.74) is -2.62. The number of aryl methyl sites for hydroxylation is 1. The lowest BCUT2D eigenvalue weighted by Crippen LogP contribution is -2.40. The lowest BCUT2D eigenvalue weighted by Gasteiger charge is -2.09. The van der Waals surface area contributed by atoms with Crippen molar-refractivity contribution in [3.05, 3.63) is 61.9 Å². The molecule has 0 aliphatic heterocycles. The van der Waals surface area contributed by atoms with Gasteiger partial charge in [-0.2, -0.15) is 0 Å². The highest BCUT2D eigenvalue weighted by Crippen LogP contribution is 2.16. The molecule has 1 aromatic carbocycles. The van der Waals surface area contributed by atoms with Crippen LogP contribution in [0.3, 0.4) is 0 Å². The minimum Gasteiger partial charge on any atom is -0.478 e. The second-order valence-electron chi connectivity index (χ2n) is 5.16. The summed E-state index contributed by atoms with van der Waals surface area (Å²) in [4.78, 5) is 58.1. The van der Waals surface area contributed by atoms with E-state index in [-0.39, 0.29) is 22.4 Å². The number of amides is 1. The van der Waals surface area contributed by atoms with Crippen LogP contribution in [0.25, 0.3) is 0 Å². The number of nitrogens with one attached hydrogen (secondary N) is 1. The van der Waals surface area contributed by atoms with Crippen LogP contribution in [0.15, 0.2) is 34.0 Å². The second kappa shape index (κ2) is 6.43. The molecule has 1 aromatic heterocycles. The molecule has 0 aliphatic rings. The van der Waals surface area contributed by atoms with E-state index in [9.17, 15) is 24.0 Å². The minimum atomic E-state index is -1.38. The van der Waals surface area contributed by atoms with Crippen LogP contribution in [0.2, 0.25) is 0 Å². The Morgan fingerprint density at radius 2 is 1.48 bits per heavy atom. The van der Waals surface area contributed by atoms with Gasteiger partial charge in [-0.05, 0) is 18.2 Å². The molecule has 2 rings (SSSR count). The predicted molar refractivity (Wildman–Crippen MR) is 85.2 cm³/mol. The van der Waals surface area contributed by atoms with Gasteiger partial charge in [0, 0.05) is 26.0 Å². The summed E-state index contributed by atoms with van der Waals surface area (Å²) >= 11 is 0. The third kappa shape index (κ3) is 3.47. The van der Waals surface area contributed by atoms with Gasteiger partial charge < -0.3 is 20.1 Å². The lowest BCUT2D eigenvalue weighted by molar-refractivity contribution is 0.0696. The Morgan fingerprint density at radius 3 is 1.96 bits per heavy atom. The molecule has 0 unspecified atom stereocenters.